The fourth-order valence-corrected chi connectivity index (χ4v) is 2.61. The van der Waals surface area contributed by atoms with Gasteiger partial charge in [-0.1, -0.05) is 13.8 Å². The van der Waals surface area contributed by atoms with Crippen LogP contribution < -0.4 is 5.32 Å². The van der Waals surface area contributed by atoms with Gasteiger partial charge in [0.1, 0.15) is 0 Å². The lowest BCUT2D eigenvalue weighted by atomic mass is 9.96. The number of amides is 1. The van der Waals surface area contributed by atoms with Crippen LogP contribution in [-0.4, -0.2) is 47.6 Å². The summed E-state index contributed by atoms with van der Waals surface area (Å²) in [5.41, 5.74) is 0. The molecular formula is C14H26N2O3. The minimum absolute atomic E-state index is 0.0367. The van der Waals surface area contributed by atoms with Crippen molar-refractivity contribution in [2.24, 2.45) is 5.92 Å². The number of carbonyl (C=O) groups excluding carboxylic acids is 1. The standard InChI is InChI=1S/C14H26N2O3/c1-3-15-10-11(2)14(19)16-9-5-4-6-12(16)7-8-13(17)18/h11-12,15H,3-10H2,1-2H3,(H,17,18). The predicted molar refractivity (Wildman–Crippen MR) is 73.9 cm³/mol. The molecule has 2 atom stereocenters. The molecule has 0 spiro atoms. The number of carboxylic acid groups (broad SMARTS) is 1. The van der Waals surface area contributed by atoms with E-state index in [2.05, 4.69) is 5.32 Å². The molecule has 0 saturated carbocycles. The van der Waals surface area contributed by atoms with E-state index in [1.807, 2.05) is 18.7 Å². The SMILES string of the molecule is CCNCC(C)C(=O)N1CCCCC1CCC(=O)O. The Bertz CT molecular complexity index is 307. The Morgan fingerprint density at radius 2 is 2.16 bits per heavy atom. The Labute approximate surface area is 115 Å². The lowest BCUT2D eigenvalue weighted by Gasteiger charge is -2.37. The van der Waals surface area contributed by atoms with E-state index in [9.17, 15) is 9.59 Å². The number of piperidine rings is 1. The first-order valence-corrected chi connectivity index (χ1v) is 7.29. The van der Waals surface area contributed by atoms with Crippen LogP contribution in [0.5, 0.6) is 0 Å². The van der Waals surface area contributed by atoms with Crippen LogP contribution in [0.3, 0.4) is 0 Å². The molecule has 1 heterocycles. The van der Waals surface area contributed by atoms with Gasteiger partial charge in [-0.2, -0.15) is 0 Å². The zero-order valence-electron chi connectivity index (χ0n) is 12.0. The minimum atomic E-state index is -0.779. The monoisotopic (exact) mass is 270 g/mol. The molecule has 2 N–H and O–H groups in total. The number of nitrogens with zero attached hydrogens (tertiary/aromatic N) is 1. The summed E-state index contributed by atoms with van der Waals surface area (Å²) >= 11 is 0. The highest BCUT2D eigenvalue weighted by Gasteiger charge is 2.29. The van der Waals surface area contributed by atoms with Crippen LogP contribution in [0.25, 0.3) is 0 Å². The lowest BCUT2D eigenvalue weighted by Crippen LogP contribution is -2.47. The van der Waals surface area contributed by atoms with E-state index >= 15 is 0 Å². The second kappa shape index (κ2) is 8.15. The third-order valence-corrected chi connectivity index (χ3v) is 3.72. The number of hydrogen-bond acceptors (Lipinski definition) is 3. The van der Waals surface area contributed by atoms with Gasteiger partial charge in [-0.3, -0.25) is 9.59 Å². The quantitative estimate of drug-likeness (QED) is 0.735. The van der Waals surface area contributed by atoms with Gasteiger partial charge < -0.3 is 15.3 Å². The second-order valence-electron chi connectivity index (χ2n) is 5.32. The van der Waals surface area contributed by atoms with Crippen molar-refractivity contribution in [1.82, 2.24) is 10.2 Å². The number of carboxylic acids is 1. The van der Waals surface area contributed by atoms with Crippen molar-refractivity contribution in [1.29, 1.82) is 0 Å². The zero-order chi connectivity index (χ0) is 14.3. The van der Waals surface area contributed by atoms with Crippen LogP contribution in [0.1, 0.15) is 46.0 Å². The maximum Gasteiger partial charge on any atom is 0.303 e. The molecule has 5 heteroatoms. The fraction of sp³-hybridized carbons (Fsp3) is 0.857. The van der Waals surface area contributed by atoms with Gasteiger partial charge in [-0.25, -0.2) is 0 Å². The number of likely N-dealkylation sites (tertiary alicyclic amines) is 1. The topological polar surface area (TPSA) is 69.6 Å². The molecule has 2 unspecified atom stereocenters. The smallest absolute Gasteiger partial charge is 0.303 e. The Balaban J connectivity index is 2.54. The molecule has 0 aromatic rings. The molecule has 110 valence electrons. The molecule has 0 aliphatic carbocycles. The summed E-state index contributed by atoms with van der Waals surface area (Å²) in [4.78, 5) is 25.0. The zero-order valence-corrected chi connectivity index (χ0v) is 12.0. The summed E-state index contributed by atoms with van der Waals surface area (Å²) in [5, 5.41) is 12.0. The average Bonchev–Trinajstić information content (AvgIpc) is 2.42. The molecule has 1 fully saturated rings. The molecular weight excluding hydrogens is 244 g/mol. The third-order valence-electron chi connectivity index (χ3n) is 3.72. The summed E-state index contributed by atoms with van der Waals surface area (Å²) in [6, 6.07) is 0.112. The van der Waals surface area contributed by atoms with E-state index in [-0.39, 0.29) is 24.3 Å². The molecule has 0 bridgehead atoms. The highest BCUT2D eigenvalue weighted by atomic mass is 16.4. The van der Waals surface area contributed by atoms with E-state index in [1.165, 1.54) is 0 Å². The van der Waals surface area contributed by atoms with E-state index in [0.717, 1.165) is 32.4 Å². The van der Waals surface area contributed by atoms with E-state index < -0.39 is 5.97 Å². The van der Waals surface area contributed by atoms with Gasteiger partial charge in [0.15, 0.2) is 0 Å². The van der Waals surface area contributed by atoms with Gasteiger partial charge in [0.05, 0.1) is 0 Å². The van der Waals surface area contributed by atoms with Crippen molar-refractivity contribution >= 4 is 11.9 Å². The lowest BCUT2D eigenvalue weighted by molar-refractivity contribution is -0.141. The first-order valence-electron chi connectivity index (χ1n) is 7.29. The Hall–Kier alpha value is -1.10. The molecule has 5 nitrogen and oxygen atoms in total. The van der Waals surface area contributed by atoms with Crippen molar-refractivity contribution in [2.45, 2.75) is 52.0 Å². The van der Waals surface area contributed by atoms with Crippen LogP contribution in [0.15, 0.2) is 0 Å². The van der Waals surface area contributed by atoms with Crippen LogP contribution in [-0.2, 0) is 9.59 Å². The van der Waals surface area contributed by atoms with Gasteiger partial charge in [0.2, 0.25) is 5.91 Å². The first-order chi connectivity index (χ1) is 9.06. The molecule has 1 amide bonds. The molecule has 1 saturated heterocycles. The molecule has 0 aromatic heterocycles. The number of nitrogens with one attached hydrogen (secondary N) is 1. The highest BCUT2D eigenvalue weighted by molar-refractivity contribution is 5.79. The number of rotatable bonds is 7. The van der Waals surface area contributed by atoms with Gasteiger partial charge >= 0.3 is 5.97 Å². The van der Waals surface area contributed by atoms with E-state index in [1.54, 1.807) is 0 Å². The Morgan fingerprint density at radius 3 is 2.79 bits per heavy atom. The van der Waals surface area contributed by atoms with Gasteiger partial charge in [0.25, 0.3) is 0 Å². The molecule has 0 radical (unpaired) electrons. The van der Waals surface area contributed by atoms with Crippen molar-refractivity contribution in [2.75, 3.05) is 19.6 Å². The average molecular weight is 270 g/mol. The molecule has 1 aliphatic heterocycles. The van der Waals surface area contributed by atoms with Crippen molar-refractivity contribution in [3.63, 3.8) is 0 Å². The number of aliphatic carboxylic acids is 1. The van der Waals surface area contributed by atoms with Crippen LogP contribution in [0.2, 0.25) is 0 Å². The normalized spacial score (nSPS) is 21.2. The highest BCUT2D eigenvalue weighted by Crippen LogP contribution is 2.22. The largest absolute Gasteiger partial charge is 0.481 e. The number of carbonyl (C=O) groups is 2. The molecule has 1 aliphatic rings. The van der Waals surface area contributed by atoms with Gasteiger partial charge in [-0.05, 0) is 32.2 Å². The molecule has 19 heavy (non-hydrogen) atoms. The minimum Gasteiger partial charge on any atom is -0.481 e. The van der Waals surface area contributed by atoms with Crippen molar-refractivity contribution in [3.05, 3.63) is 0 Å². The van der Waals surface area contributed by atoms with Crippen LogP contribution >= 0.6 is 0 Å². The Morgan fingerprint density at radius 1 is 1.42 bits per heavy atom. The third kappa shape index (κ3) is 5.19. The van der Waals surface area contributed by atoms with Crippen molar-refractivity contribution in [3.8, 4) is 0 Å². The molecule has 0 aromatic carbocycles. The van der Waals surface area contributed by atoms with Crippen LogP contribution in [0.4, 0.5) is 0 Å². The summed E-state index contributed by atoms with van der Waals surface area (Å²) < 4.78 is 0. The maximum atomic E-state index is 12.4. The second-order valence-corrected chi connectivity index (χ2v) is 5.32. The summed E-state index contributed by atoms with van der Waals surface area (Å²) in [7, 11) is 0. The predicted octanol–water partition coefficient (Wildman–Crippen LogP) is 1.48. The first kappa shape index (κ1) is 16.0. The maximum absolute atomic E-state index is 12.4. The van der Waals surface area contributed by atoms with E-state index in [4.69, 9.17) is 5.11 Å². The van der Waals surface area contributed by atoms with Crippen molar-refractivity contribution < 1.29 is 14.7 Å². The summed E-state index contributed by atoms with van der Waals surface area (Å²) in [6.45, 7) is 6.29. The summed E-state index contributed by atoms with van der Waals surface area (Å²) in [5.74, 6) is -0.653. The van der Waals surface area contributed by atoms with Gasteiger partial charge in [-0.15, -0.1) is 0 Å². The summed E-state index contributed by atoms with van der Waals surface area (Å²) in [6.07, 6.45) is 3.79. The fourth-order valence-electron chi connectivity index (χ4n) is 2.61. The number of hydrogen-bond donors (Lipinski definition) is 2. The van der Waals surface area contributed by atoms with Gasteiger partial charge in [0, 0.05) is 31.5 Å². The van der Waals surface area contributed by atoms with Crippen LogP contribution in [0, 0.1) is 5.92 Å². The van der Waals surface area contributed by atoms with E-state index in [0.29, 0.717) is 13.0 Å². The molecule has 1 rings (SSSR count). The Kier molecular flexibility index (Phi) is 6.84.